The van der Waals surface area contributed by atoms with E-state index in [1.807, 2.05) is 44.2 Å². The van der Waals surface area contributed by atoms with Crippen molar-refractivity contribution >= 4 is 24.7 Å². The van der Waals surface area contributed by atoms with E-state index in [1.165, 1.54) is 5.56 Å². The first kappa shape index (κ1) is 24.7. The second-order valence-corrected chi connectivity index (χ2v) is 11.9. The van der Waals surface area contributed by atoms with Crippen LogP contribution in [-0.4, -0.2) is 27.3 Å². The molecule has 3 N–H and O–H groups in total. The fraction of sp³-hybridized carbons (Fsp3) is 0.357. The summed E-state index contributed by atoms with van der Waals surface area (Å²) in [6.45, 7) is 3.96. The maximum atomic E-state index is 12.6. The maximum Gasteiger partial charge on any atom is 0.332 e. The zero-order valence-electron chi connectivity index (χ0n) is 20.6. The molecule has 0 saturated heterocycles. The molecule has 36 heavy (non-hydrogen) atoms. The minimum atomic E-state index is -3.67. The Morgan fingerprint density at radius 3 is 2.44 bits per heavy atom. The minimum Gasteiger partial charge on any atom is -0.463 e. The van der Waals surface area contributed by atoms with Gasteiger partial charge in [-0.2, -0.15) is 0 Å². The molecule has 1 aromatic heterocycles. The average Bonchev–Trinajstić information content (AvgIpc) is 2.84. The Labute approximate surface area is 211 Å². The molecule has 1 aliphatic heterocycles. The number of pyridine rings is 1. The highest BCUT2D eigenvalue weighted by molar-refractivity contribution is 7.52. The van der Waals surface area contributed by atoms with Gasteiger partial charge in [-0.15, -0.1) is 0 Å². The van der Waals surface area contributed by atoms with Gasteiger partial charge >= 0.3 is 7.60 Å². The summed E-state index contributed by atoms with van der Waals surface area (Å²) in [5.74, 6) is 0.847. The number of benzene rings is 2. The lowest BCUT2D eigenvalue weighted by atomic mass is 9.82. The number of aromatic nitrogens is 1. The Morgan fingerprint density at radius 2 is 1.75 bits per heavy atom. The van der Waals surface area contributed by atoms with Crippen LogP contribution < -0.4 is 10.5 Å². The topological polar surface area (TPSA) is 107 Å². The standard InChI is InChI=1S/C28H32N3O4P/c1-28(2)26(31-25-24(29)16-17-30-27(25)34-28)22-10-8-20(9-11-22)21-12-14-23(15-13-21)35-36(32,33)18-19-6-4-3-5-7-19/h3-11,16-17,21,23H,12-15,18H2,1-2H3,(H2,29,30)(H,32,33). The van der Waals surface area contributed by atoms with Gasteiger partial charge in [0.2, 0.25) is 5.88 Å². The molecule has 7 nitrogen and oxygen atoms in total. The molecule has 1 atom stereocenters. The van der Waals surface area contributed by atoms with Crippen LogP contribution in [0.3, 0.4) is 0 Å². The number of nitrogens with zero attached hydrogens (tertiary/aromatic N) is 2. The number of anilines is 1. The first-order chi connectivity index (χ1) is 17.2. The molecule has 2 aromatic carbocycles. The van der Waals surface area contributed by atoms with Gasteiger partial charge in [0, 0.05) is 11.8 Å². The van der Waals surface area contributed by atoms with Crippen LogP contribution in [0.2, 0.25) is 0 Å². The molecule has 0 bridgehead atoms. The van der Waals surface area contributed by atoms with Crippen molar-refractivity contribution < 1.29 is 18.7 Å². The quantitative estimate of drug-likeness (QED) is 0.376. The van der Waals surface area contributed by atoms with E-state index in [0.717, 1.165) is 42.5 Å². The normalized spacial score (nSPS) is 22.6. The minimum absolute atomic E-state index is 0.0470. The van der Waals surface area contributed by atoms with E-state index in [2.05, 4.69) is 29.2 Å². The van der Waals surface area contributed by atoms with E-state index in [4.69, 9.17) is 20.0 Å². The maximum absolute atomic E-state index is 12.6. The summed E-state index contributed by atoms with van der Waals surface area (Å²) in [6.07, 6.45) is 4.85. The second kappa shape index (κ2) is 9.81. The van der Waals surface area contributed by atoms with Crippen LogP contribution in [0.15, 0.2) is 71.9 Å². The number of nitrogens with two attached hydrogens (primary N) is 1. The molecular weight excluding hydrogens is 473 g/mol. The first-order valence-electron chi connectivity index (χ1n) is 12.4. The van der Waals surface area contributed by atoms with E-state index in [-0.39, 0.29) is 12.3 Å². The Balaban J connectivity index is 1.23. The van der Waals surface area contributed by atoms with Crippen molar-refractivity contribution in [1.29, 1.82) is 0 Å². The highest BCUT2D eigenvalue weighted by Gasteiger charge is 2.35. The molecule has 188 valence electrons. The molecule has 0 radical (unpaired) electrons. The van der Waals surface area contributed by atoms with Crippen LogP contribution in [0.1, 0.15) is 62.1 Å². The SMILES string of the molecule is CC1(C)Oc2nccc(N)c2N=C1c1ccc(C2CCC(OP(=O)(O)Cc3ccccc3)CC2)cc1. The number of fused-ring (bicyclic) bond motifs is 1. The fourth-order valence-corrected chi connectivity index (χ4v) is 6.51. The molecule has 1 unspecified atom stereocenters. The zero-order valence-corrected chi connectivity index (χ0v) is 21.5. The molecule has 8 heteroatoms. The molecule has 0 spiro atoms. The molecule has 3 aromatic rings. The third-order valence-corrected chi connectivity index (χ3v) is 8.33. The Hall–Kier alpha value is -2.99. The van der Waals surface area contributed by atoms with Gasteiger partial charge in [0.05, 0.1) is 23.7 Å². The van der Waals surface area contributed by atoms with Crippen molar-refractivity contribution in [2.24, 2.45) is 4.99 Å². The molecule has 1 fully saturated rings. The average molecular weight is 506 g/mol. The summed E-state index contributed by atoms with van der Waals surface area (Å²) in [5.41, 5.74) is 10.5. The van der Waals surface area contributed by atoms with Crippen molar-refractivity contribution in [3.63, 3.8) is 0 Å². The largest absolute Gasteiger partial charge is 0.463 e. The van der Waals surface area contributed by atoms with Crippen molar-refractivity contribution in [2.75, 3.05) is 5.73 Å². The Bertz CT molecular complexity index is 1300. The van der Waals surface area contributed by atoms with Gasteiger partial charge in [0.25, 0.3) is 0 Å². The van der Waals surface area contributed by atoms with Crippen molar-refractivity contribution in [3.05, 3.63) is 83.6 Å². The molecule has 0 amide bonds. The van der Waals surface area contributed by atoms with Crippen molar-refractivity contribution in [3.8, 4) is 5.88 Å². The number of aliphatic imine (C=N–C) groups is 1. The van der Waals surface area contributed by atoms with Gasteiger partial charge < -0.3 is 19.9 Å². The van der Waals surface area contributed by atoms with Crippen LogP contribution in [0, 0.1) is 0 Å². The number of hydrogen-bond donors (Lipinski definition) is 2. The lowest BCUT2D eigenvalue weighted by Crippen LogP contribution is -2.41. The first-order valence-corrected chi connectivity index (χ1v) is 14.1. The Kier molecular flexibility index (Phi) is 6.73. The van der Waals surface area contributed by atoms with Crippen LogP contribution in [0.25, 0.3) is 0 Å². The number of nitrogen functional groups attached to an aromatic ring is 1. The summed E-state index contributed by atoms with van der Waals surface area (Å²) in [6, 6.07) is 19.5. The molecule has 1 aliphatic carbocycles. The van der Waals surface area contributed by atoms with Crippen LogP contribution in [-0.2, 0) is 15.3 Å². The van der Waals surface area contributed by atoms with Gasteiger partial charge in [-0.05, 0) is 62.6 Å². The van der Waals surface area contributed by atoms with Crippen molar-refractivity contribution in [1.82, 2.24) is 4.98 Å². The lowest BCUT2D eigenvalue weighted by Gasteiger charge is -2.32. The van der Waals surface area contributed by atoms with E-state index >= 15 is 0 Å². The molecule has 2 aliphatic rings. The Morgan fingerprint density at radius 1 is 1.06 bits per heavy atom. The van der Waals surface area contributed by atoms with E-state index in [0.29, 0.717) is 23.2 Å². The molecule has 1 saturated carbocycles. The smallest absolute Gasteiger partial charge is 0.332 e. The summed E-state index contributed by atoms with van der Waals surface area (Å²) >= 11 is 0. The van der Waals surface area contributed by atoms with E-state index in [1.54, 1.807) is 12.3 Å². The van der Waals surface area contributed by atoms with Gasteiger partial charge in [-0.25, -0.2) is 9.98 Å². The van der Waals surface area contributed by atoms with Crippen LogP contribution in [0.4, 0.5) is 11.4 Å². The predicted molar refractivity (Wildman–Crippen MR) is 142 cm³/mol. The monoisotopic (exact) mass is 505 g/mol. The third-order valence-electron chi connectivity index (χ3n) is 6.94. The summed E-state index contributed by atoms with van der Waals surface area (Å²) < 4.78 is 24.5. The summed E-state index contributed by atoms with van der Waals surface area (Å²) in [4.78, 5) is 19.5. The zero-order chi connectivity index (χ0) is 25.3. The van der Waals surface area contributed by atoms with Crippen LogP contribution >= 0.6 is 7.60 Å². The number of rotatable bonds is 6. The lowest BCUT2D eigenvalue weighted by molar-refractivity contribution is 0.127. The highest BCUT2D eigenvalue weighted by atomic mass is 31.2. The fourth-order valence-electron chi connectivity index (χ4n) is 5.08. The number of hydrogen-bond acceptors (Lipinski definition) is 6. The molecule has 2 heterocycles. The van der Waals surface area contributed by atoms with Gasteiger partial charge in [0.1, 0.15) is 11.3 Å². The third kappa shape index (κ3) is 5.39. The predicted octanol–water partition coefficient (Wildman–Crippen LogP) is 6.38. The second-order valence-electron chi connectivity index (χ2n) is 10.1. The summed E-state index contributed by atoms with van der Waals surface area (Å²) in [5, 5.41) is 0. The van der Waals surface area contributed by atoms with Gasteiger partial charge in [0.15, 0.2) is 0 Å². The summed E-state index contributed by atoms with van der Waals surface area (Å²) in [7, 11) is -3.67. The van der Waals surface area contributed by atoms with Crippen LogP contribution in [0.5, 0.6) is 5.88 Å². The van der Waals surface area contributed by atoms with E-state index < -0.39 is 13.2 Å². The van der Waals surface area contributed by atoms with Crippen molar-refractivity contribution in [2.45, 2.75) is 63.3 Å². The van der Waals surface area contributed by atoms with Gasteiger partial charge in [-0.3, -0.25) is 4.57 Å². The molecular formula is C28H32N3O4P. The highest BCUT2D eigenvalue weighted by Crippen LogP contribution is 2.49. The van der Waals surface area contributed by atoms with E-state index in [9.17, 15) is 9.46 Å². The van der Waals surface area contributed by atoms with Gasteiger partial charge in [-0.1, -0.05) is 54.6 Å². The molecule has 5 rings (SSSR count). The number of ether oxygens (including phenoxy) is 1.